The molecule has 6 nitrogen and oxygen atoms in total. The summed E-state index contributed by atoms with van der Waals surface area (Å²) in [7, 11) is 0. The highest BCUT2D eigenvalue weighted by Gasteiger charge is 2.49. The van der Waals surface area contributed by atoms with Crippen LogP contribution in [-0.4, -0.2) is 0 Å². The van der Waals surface area contributed by atoms with Gasteiger partial charge in [0.25, 0.3) is 0 Å². The molecular weight excluding hydrogens is 1470 g/mol. The fourth-order valence-corrected chi connectivity index (χ4v) is 20.4. The summed E-state index contributed by atoms with van der Waals surface area (Å²) in [5.41, 5.74) is 33.6. The van der Waals surface area contributed by atoms with Gasteiger partial charge in [-0.1, -0.05) is 358 Å². The van der Waals surface area contributed by atoms with Gasteiger partial charge in [-0.05, 0) is 197 Å². The smallest absolute Gasteiger partial charge is 0.145 e. The van der Waals surface area contributed by atoms with Crippen molar-refractivity contribution in [3.8, 4) is 33.4 Å². The highest BCUT2D eigenvalue weighted by Crippen LogP contribution is 2.60. The first-order valence-electron chi connectivity index (χ1n) is 41.5. The van der Waals surface area contributed by atoms with Gasteiger partial charge in [-0.2, -0.15) is 0 Å². The topological polar surface area (TPSA) is 75.5 Å². The minimum Gasteiger partial charge on any atom is -0.456 e. The number of benzene rings is 19. The number of para-hydroxylation sites is 3. The molecule has 121 heavy (non-hydrogen) atoms. The van der Waals surface area contributed by atoms with Gasteiger partial charge in [0.05, 0.1) is 38.4 Å². The van der Waals surface area contributed by atoms with Gasteiger partial charge >= 0.3 is 0 Å². The Kier molecular flexibility index (Phi) is 16.8. The maximum absolute atomic E-state index is 6.46. The van der Waals surface area contributed by atoms with Gasteiger partial charge in [-0.25, -0.2) is 0 Å². The van der Waals surface area contributed by atoms with Gasteiger partial charge in [0.1, 0.15) is 33.5 Å². The Bertz CT molecular complexity index is 7650. The summed E-state index contributed by atoms with van der Waals surface area (Å²) in [5, 5.41) is 20.2. The molecule has 0 saturated heterocycles. The molecule has 0 atom stereocenters. The SMILES string of the molecule is c1ccc(C2(c3cccc(Nc4cc5ccccc5c5oc6ccccc6c45)c3)c3ccccc3-c3ccccc32)cc1.c1ccc(C2(c3cccc(Nc4ccc5oc6ccccc6c5c4)c3)c3ccccc3-c3ccccc32)cc1.c1ccc(C2(c3cccc(Nc4cccc5oc6ccccc6c45)c3)c3ccccc3-c3ccccc32)cc1. The summed E-state index contributed by atoms with van der Waals surface area (Å²) < 4.78 is 18.7. The Morgan fingerprint density at radius 1 is 0.174 bits per heavy atom. The first kappa shape index (κ1) is 70.6. The van der Waals surface area contributed by atoms with Gasteiger partial charge in [0.15, 0.2) is 0 Å². The molecule has 19 aromatic carbocycles. The Hall–Kier alpha value is -15.8. The van der Waals surface area contributed by atoms with Crippen LogP contribution in [0, 0.1) is 0 Å². The third-order valence-electron chi connectivity index (χ3n) is 25.4. The fourth-order valence-electron chi connectivity index (χ4n) is 20.4. The first-order valence-corrected chi connectivity index (χ1v) is 41.5. The predicted octanol–water partition coefficient (Wildman–Crippen LogP) is 30.2. The summed E-state index contributed by atoms with van der Waals surface area (Å²) in [6.07, 6.45) is 0. The number of anilines is 6. The zero-order valence-corrected chi connectivity index (χ0v) is 65.9. The van der Waals surface area contributed by atoms with Crippen molar-refractivity contribution in [2.24, 2.45) is 0 Å². The van der Waals surface area contributed by atoms with E-state index < -0.39 is 16.2 Å². The van der Waals surface area contributed by atoms with Crippen LogP contribution in [0.5, 0.6) is 0 Å². The summed E-state index contributed by atoms with van der Waals surface area (Å²) >= 11 is 0. The lowest BCUT2D eigenvalue weighted by molar-refractivity contribution is 0.668. The van der Waals surface area contributed by atoms with Crippen LogP contribution >= 0.6 is 0 Å². The van der Waals surface area contributed by atoms with Crippen LogP contribution in [0.3, 0.4) is 0 Å². The van der Waals surface area contributed by atoms with Crippen molar-refractivity contribution in [2.45, 2.75) is 16.2 Å². The molecule has 0 fully saturated rings. The van der Waals surface area contributed by atoms with Gasteiger partial charge < -0.3 is 29.2 Å². The average molecular weight is 1550 g/mol. The van der Waals surface area contributed by atoms with Gasteiger partial charge in [0.2, 0.25) is 0 Å². The number of hydrogen-bond acceptors (Lipinski definition) is 6. The predicted molar refractivity (Wildman–Crippen MR) is 500 cm³/mol. The van der Waals surface area contributed by atoms with Gasteiger partial charge in [-0.15, -0.1) is 0 Å². The molecule has 3 aliphatic rings. The molecule has 0 bridgehead atoms. The van der Waals surface area contributed by atoms with Crippen molar-refractivity contribution in [1.29, 1.82) is 0 Å². The molecule has 3 N–H and O–H groups in total. The van der Waals surface area contributed by atoms with Crippen LogP contribution in [0.15, 0.2) is 462 Å². The van der Waals surface area contributed by atoms with E-state index in [-0.39, 0.29) is 0 Å². The third-order valence-corrected chi connectivity index (χ3v) is 25.4. The maximum Gasteiger partial charge on any atom is 0.145 e. The van der Waals surface area contributed by atoms with Crippen LogP contribution in [0.25, 0.3) is 110 Å². The van der Waals surface area contributed by atoms with E-state index in [0.717, 1.165) is 111 Å². The molecule has 0 spiro atoms. The molecule has 3 aromatic heterocycles. The number of hydrogen-bond donors (Lipinski definition) is 3. The van der Waals surface area contributed by atoms with Crippen LogP contribution in [-0.2, 0) is 16.2 Å². The molecule has 6 heteroatoms. The molecule has 0 radical (unpaired) electrons. The lowest BCUT2D eigenvalue weighted by Gasteiger charge is -2.34. The van der Waals surface area contributed by atoms with E-state index >= 15 is 0 Å². The molecule has 0 unspecified atom stereocenters. The molecule has 0 aliphatic heterocycles. The lowest BCUT2D eigenvalue weighted by Crippen LogP contribution is -2.28. The first-order chi connectivity index (χ1) is 60.0. The van der Waals surface area contributed by atoms with E-state index in [2.05, 4.69) is 416 Å². The van der Waals surface area contributed by atoms with Crippen LogP contribution in [0.2, 0.25) is 0 Å². The van der Waals surface area contributed by atoms with E-state index in [9.17, 15) is 0 Å². The molecule has 22 aromatic rings. The van der Waals surface area contributed by atoms with Crippen molar-refractivity contribution in [3.05, 3.63) is 516 Å². The van der Waals surface area contributed by atoms with Gasteiger partial charge in [0, 0.05) is 49.7 Å². The number of rotatable bonds is 12. The molecule has 3 heterocycles. The highest BCUT2D eigenvalue weighted by atomic mass is 16.3. The van der Waals surface area contributed by atoms with E-state index in [4.69, 9.17) is 13.3 Å². The van der Waals surface area contributed by atoms with Gasteiger partial charge in [-0.3, -0.25) is 0 Å². The van der Waals surface area contributed by atoms with Crippen LogP contribution in [0.4, 0.5) is 34.1 Å². The normalized spacial score (nSPS) is 13.3. The molecule has 25 rings (SSSR count). The highest BCUT2D eigenvalue weighted by molar-refractivity contribution is 6.21. The third kappa shape index (κ3) is 11.2. The van der Waals surface area contributed by atoms with Crippen molar-refractivity contribution < 1.29 is 13.3 Å². The molecule has 3 aliphatic carbocycles. The number of fused-ring (bicyclic) bond motifs is 20. The zero-order valence-electron chi connectivity index (χ0n) is 65.9. The maximum atomic E-state index is 6.46. The summed E-state index contributed by atoms with van der Waals surface area (Å²) in [5.74, 6) is 0. The van der Waals surface area contributed by atoms with Crippen molar-refractivity contribution in [1.82, 2.24) is 0 Å². The van der Waals surface area contributed by atoms with E-state index in [0.29, 0.717) is 0 Å². The second-order valence-corrected chi connectivity index (χ2v) is 31.8. The second-order valence-electron chi connectivity index (χ2n) is 31.8. The molecular formula is C115H77N3O3. The van der Waals surface area contributed by atoms with E-state index in [1.54, 1.807) is 0 Å². The van der Waals surface area contributed by atoms with E-state index in [1.807, 2.05) is 48.5 Å². The summed E-state index contributed by atoms with van der Waals surface area (Å²) in [4.78, 5) is 0. The monoisotopic (exact) mass is 1550 g/mol. The number of furan rings is 3. The summed E-state index contributed by atoms with van der Waals surface area (Å²) in [6, 6.07) is 161. The largest absolute Gasteiger partial charge is 0.456 e. The van der Waals surface area contributed by atoms with Crippen molar-refractivity contribution >= 4 is 111 Å². The quantitative estimate of drug-likeness (QED) is 0.113. The average Bonchev–Trinajstić information content (AvgIpc) is 1.56. The zero-order chi connectivity index (χ0) is 80.0. The Labute approximate surface area is 700 Å². The molecule has 0 saturated carbocycles. The molecule has 0 amide bonds. The standard InChI is InChI=1S/C41H27NO.2C37H25NO/c1-2-14-28(15-3-1)41(35-22-9-6-19-32(35)33-20-7-10-23-36(33)41)29-16-12-17-30(26-29)42-37-25-27-13-4-5-18-31(27)40-39(37)34-21-8-11-24-38(34)43-40;1-2-12-25(13-3-1)37(31-19-7-4-16-28(31)29-17-5-8-20-32(29)37)26-14-10-15-27(24-26)38-33-21-11-23-35-36(33)30-18-6-9-22-34(30)39-35;1-2-11-25(12-3-1)37(33-18-7-4-15-29(33)30-16-5-8-19-34(30)37)26-13-10-14-27(23-26)38-28-21-22-36-32(24-28)31-17-6-9-20-35(31)39-36/h1-26,42H;2*1-24,38H. The minimum atomic E-state index is -0.437. The van der Waals surface area contributed by atoms with Crippen molar-refractivity contribution in [3.63, 3.8) is 0 Å². The minimum absolute atomic E-state index is 0.406. The lowest BCUT2D eigenvalue weighted by atomic mass is 9.67. The Morgan fingerprint density at radius 3 is 0.950 bits per heavy atom. The fraction of sp³-hybridized carbons (Fsp3) is 0.0261. The van der Waals surface area contributed by atoms with Crippen LogP contribution in [0.1, 0.15) is 66.8 Å². The molecule has 570 valence electrons. The van der Waals surface area contributed by atoms with Crippen LogP contribution < -0.4 is 16.0 Å². The van der Waals surface area contributed by atoms with E-state index in [1.165, 1.54) is 100 Å². The Balaban J connectivity index is 0.000000106. The van der Waals surface area contributed by atoms with Crippen molar-refractivity contribution in [2.75, 3.05) is 16.0 Å². The Morgan fingerprint density at radius 2 is 0.488 bits per heavy atom. The summed E-state index contributed by atoms with van der Waals surface area (Å²) in [6.45, 7) is 0. The second kappa shape index (κ2) is 28.9. The number of nitrogens with one attached hydrogen (secondary N) is 3.